The molecule has 1 unspecified atom stereocenters. The van der Waals surface area contributed by atoms with Crippen LogP contribution in [0, 0.1) is 0 Å². The molecule has 2 aliphatic rings. The minimum Gasteiger partial charge on any atom is -0.356 e. The molecule has 11 heteroatoms. The molecular weight excluding hydrogens is 401 g/mol. The molecule has 3 aromatic heterocycles. The summed E-state index contributed by atoms with van der Waals surface area (Å²) < 4.78 is 39.9. The Labute approximate surface area is 167 Å². The van der Waals surface area contributed by atoms with Gasteiger partial charge in [0, 0.05) is 42.0 Å². The van der Waals surface area contributed by atoms with Crippen molar-refractivity contribution >= 4 is 17.1 Å². The average molecular weight is 416 g/mol. The number of imidazole rings is 1. The molecule has 5 rings (SSSR count). The Bertz CT molecular complexity index is 1170. The highest BCUT2D eigenvalue weighted by Crippen LogP contribution is 2.55. The molecule has 1 aliphatic carbocycles. The van der Waals surface area contributed by atoms with Gasteiger partial charge in [0.2, 0.25) is 6.35 Å². The van der Waals surface area contributed by atoms with Gasteiger partial charge in [-0.2, -0.15) is 18.3 Å². The Morgan fingerprint density at radius 3 is 2.73 bits per heavy atom. The zero-order valence-electron chi connectivity index (χ0n) is 15.3. The molecule has 30 heavy (non-hydrogen) atoms. The summed E-state index contributed by atoms with van der Waals surface area (Å²) in [5, 5.41) is 18.8. The number of hydrogen-bond acceptors (Lipinski definition) is 6. The van der Waals surface area contributed by atoms with Gasteiger partial charge in [-0.15, -0.1) is 0 Å². The van der Waals surface area contributed by atoms with E-state index in [0.29, 0.717) is 23.5 Å². The molecule has 3 atom stereocenters. The van der Waals surface area contributed by atoms with Crippen LogP contribution in [0.2, 0.25) is 0 Å². The number of fused-ring (bicyclic) bond motifs is 1. The monoisotopic (exact) mass is 416 g/mol. The highest BCUT2D eigenvalue weighted by molar-refractivity contribution is 6.19. The van der Waals surface area contributed by atoms with Crippen molar-refractivity contribution in [2.75, 3.05) is 0 Å². The van der Waals surface area contributed by atoms with E-state index in [2.05, 4.69) is 25.7 Å². The van der Waals surface area contributed by atoms with Crippen LogP contribution in [0.1, 0.15) is 40.8 Å². The van der Waals surface area contributed by atoms with E-state index in [4.69, 9.17) is 0 Å². The minimum atomic E-state index is -4.42. The van der Waals surface area contributed by atoms with Crippen LogP contribution in [0.15, 0.2) is 43.0 Å². The zero-order valence-corrected chi connectivity index (χ0v) is 15.3. The Morgan fingerprint density at radius 2 is 2.03 bits per heavy atom. The summed E-state index contributed by atoms with van der Waals surface area (Å²) in [6, 6.07) is 4.19. The molecule has 0 bridgehead atoms. The first-order valence-corrected chi connectivity index (χ1v) is 9.14. The lowest BCUT2D eigenvalue weighted by molar-refractivity contribution is -0.137. The first-order valence-electron chi connectivity index (χ1n) is 9.14. The van der Waals surface area contributed by atoms with Gasteiger partial charge in [0.25, 0.3) is 5.91 Å². The van der Waals surface area contributed by atoms with Crippen molar-refractivity contribution in [2.24, 2.45) is 0 Å². The van der Waals surface area contributed by atoms with Gasteiger partial charge in [0.1, 0.15) is 0 Å². The lowest BCUT2D eigenvalue weighted by atomic mass is 10.0. The van der Waals surface area contributed by atoms with E-state index in [-0.39, 0.29) is 17.4 Å². The number of amides is 1. The molecule has 3 N–H and O–H groups in total. The second kappa shape index (κ2) is 6.52. The van der Waals surface area contributed by atoms with Crippen LogP contribution in [0.25, 0.3) is 11.2 Å². The summed E-state index contributed by atoms with van der Waals surface area (Å²) in [4.78, 5) is 20.6. The topological polar surface area (TPSA) is 104 Å². The number of aliphatic hydroxyl groups excluding tert-OH is 1. The predicted octanol–water partition coefficient (Wildman–Crippen LogP) is 1.75. The fraction of sp³-hybridized carbons (Fsp3) is 0.263. The maximum Gasteiger partial charge on any atom is 0.417 e. The number of alkyl halides is 3. The van der Waals surface area contributed by atoms with Crippen LogP contribution in [0.4, 0.5) is 13.2 Å². The van der Waals surface area contributed by atoms with Gasteiger partial charge in [-0.1, -0.05) is 0 Å². The van der Waals surface area contributed by atoms with E-state index in [1.54, 1.807) is 23.0 Å². The third-order valence-corrected chi connectivity index (χ3v) is 5.25. The molecule has 0 radical (unpaired) electrons. The largest absolute Gasteiger partial charge is 0.417 e. The number of carbonyl (C=O) groups excluding carboxylic acids is 1. The molecular formula is C19H15F3N6O2. The Kier molecular flexibility index (Phi) is 4.03. The van der Waals surface area contributed by atoms with Crippen molar-refractivity contribution in [1.82, 2.24) is 30.2 Å². The lowest BCUT2D eigenvalue weighted by Crippen LogP contribution is -2.47. The van der Waals surface area contributed by atoms with Crippen LogP contribution in [0.5, 0.6) is 0 Å². The highest BCUT2D eigenvalue weighted by atomic mass is 19.4. The summed E-state index contributed by atoms with van der Waals surface area (Å²) in [5.74, 6) is -0.528. The number of halogens is 3. The van der Waals surface area contributed by atoms with Gasteiger partial charge in [-0.05, 0) is 30.5 Å². The number of rotatable bonds is 3. The number of hydrogen-bond donors (Lipinski definition) is 3. The van der Waals surface area contributed by atoms with E-state index < -0.39 is 24.0 Å². The maximum absolute atomic E-state index is 12.8. The van der Waals surface area contributed by atoms with Crippen molar-refractivity contribution < 1.29 is 23.1 Å². The van der Waals surface area contributed by atoms with E-state index in [1.807, 2.05) is 0 Å². The van der Waals surface area contributed by atoms with E-state index >= 15 is 0 Å². The predicted molar refractivity (Wildman–Crippen MR) is 97.6 cm³/mol. The third kappa shape index (κ3) is 3.16. The first-order chi connectivity index (χ1) is 14.3. The highest BCUT2D eigenvalue weighted by Gasteiger charge is 2.43. The quantitative estimate of drug-likeness (QED) is 0.601. The molecule has 0 spiro atoms. The first kappa shape index (κ1) is 18.6. The molecule has 4 heterocycles. The lowest BCUT2D eigenvalue weighted by Gasteiger charge is -2.20. The summed E-state index contributed by atoms with van der Waals surface area (Å²) in [7, 11) is 0. The normalized spacial score (nSPS) is 23.7. The van der Waals surface area contributed by atoms with E-state index in [0.717, 1.165) is 17.8 Å². The average Bonchev–Trinajstić information content (AvgIpc) is 3.35. The second-order valence-electron chi connectivity index (χ2n) is 7.20. The van der Waals surface area contributed by atoms with Gasteiger partial charge in [-0.25, -0.2) is 9.50 Å². The Morgan fingerprint density at radius 1 is 1.20 bits per heavy atom. The van der Waals surface area contributed by atoms with Crippen molar-refractivity contribution in [1.29, 1.82) is 0 Å². The third-order valence-electron chi connectivity index (χ3n) is 5.25. The molecule has 1 fully saturated rings. The van der Waals surface area contributed by atoms with Gasteiger partial charge in [-0.3, -0.25) is 9.78 Å². The summed E-state index contributed by atoms with van der Waals surface area (Å²) in [5.41, 5.74) is 1.88. The Balaban J connectivity index is 1.48. The molecule has 0 saturated heterocycles. The van der Waals surface area contributed by atoms with Crippen molar-refractivity contribution in [3.05, 3.63) is 65.5 Å². The smallest absolute Gasteiger partial charge is 0.356 e. The fourth-order valence-corrected chi connectivity index (χ4v) is 3.67. The zero-order chi connectivity index (χ0) is 21.0. The second-order valence-corrected chi connectivity index (χ2v) is 7.20. The van der Waals surface area contributed by atoms with Crippen LogP contribution in [0.3, 0.4) is 0 Å². The summed E-state index contributed by atoms with van der Waals surface area (Å²) in [6.45, 7) is 0. The van der Waals surface area contributed by atoms with Gasteiger partial charge < -0.3 is 15.7 Å². The molecule has 8 nitrogen and oxygen atoms in total. The molecule has 1 aliphatic heterocycles. The van der Waals surface area contributed by atoms with Crippen molar-refractivity contribution in [3.63, 3.8) is 0 Å². The van der Waals surface area contributed by atoms with Crippen LogP contribution in [-0.2, 0) is 11.0 Å². The number of pyridine rings is 1. The molecule has 0 aromatic carbocycles. The Hall–Kier alpha value is -3.47. The number of aliphatic hydroxyl groups is 1. The molecule has 1 saturated carbocycles. The van der Waals surface area contributed by atoms with Crippen LogP contribution < -0.4 is 10.6 Å². The van der Waals surface area contributed by atoms with E-state index in [9.17, 15) is 23.1 Å². The number of carbonyl (C=O) groups is 1. The van der Waals surface area contributed by atoms with Crippen LogP contribution in [-0.4, -0.2) is 36.9 Å². The molecule has 154 valence electrons. The summed E-state index contributed by atoms with van der Waals surface area (Å²) in [6.07, 6.45) is 0.581. The number of nitrogens with zero attached hydrogens (tertiary/aromatic N) is 4. The van der Waals surface area contributed by atoms with Gasteiger partial charge >= 0.3 is 6.18 Å². The van der Waals surface area contributed by atoms with Gasteiger partial charge in [0.05, 0.1) is 16.8 Å². The number of aromatic nitrogens is 4. The number of nitrogens with one attached hydrogen (secondary N) is 2. The fourth-order valence-electron chi connectivity index (χ4n) is 3.67. The van der Waals surface area contributed by atoms with Gasteiger partial charge in [0.15, 0.2) is 5.65 Å². The van der Waals surface area contributed by atoms with Crippen molar-refractivity contribution in [3.8, 4) is 0 Å². The molecule has 1 amide bonds. The molecule has 3 aromatic rings. The SMILES string of the molecule is O=C1NC(O)NC=C1c1cc([C@@H]2C[C@H]2c2ccc(C(F)(F)F)cn2)c2nccn2n1. The maximum atomic E-state index is 12.8. The van der Waals surface area contributed by atoms with Crippen molar-refractivity contribution in [2.45, 2.75) is 30.8 Å². The minimum absolute atomic E-state index is 0.00770. The summed E-state index contributed by atoms with van der Waals surface area (Å²) >= 11 is 0. The standard InChI is InChI=1S/C19H15F3N6O2/c20-19(21,22)9-1-2-14(24-7-9)11-5-10(11)12-6-15(27-28-4-3-23-16(12)28)13-8-25-18(30)26-17(13)29/h1-4,6-8,10-11,18,25,30H,5H2,(H,26,29)/t10-,11-,18?/m1/s1. The van der Waals surface area contributed by atoms with Crippen LogP contribution >= 0.6 is 0 Å². The van der Waals surface area contributed by atoms with E-state index in [1.165, 1.54) is 12.3 Å².